The Bertz CT molecular complexity index is 1610. The summed E-state index contributed by atoms with van der Waals surface area (Å²) in [5, 5.41) is 1.09. The Hall–Kier alpha value is -4.07. The third kappa shape index (κ3) is 4.23. The average molecular weight is 517 g/mol. The molecule has 2 aliphatic rings. The third-order valence-electron chi connectivity index (χ3n) is 7.34. The van der Waals surface area contributed by atoms with Gasteiger partial charge in [0.25, 0.3) is 0 Å². The number of nitrogen functional groups attached to an aromatic ring is 2. The van der Waals surface area contributed by atoms with Gasteiger partial charge in [0, 0.05) is 36.0 Å². The summed E-state index contributed by atoms with van der Waals surface area (Å²) < 4.78 is 42.0. The summed E-state index contributed by atoms with van der Waals surface area (Å²) in [6.45, 7) is 4.51. The van der Waals surface area contributed by atoms with Crippen molar-refractivity contribution >= 4 is 33.3 Å². The monoisotopic (exact) mass is 516 g/mol. The Morgan fingerprint density at radius 3 is 2.53 bits per heavy atom. The highest BCUT2D eigenvalue weighted by molar-refractivity contribution is 6.04. The number of anilines is 2. The van der Waals surface area contributed by atoms with Crippen LogP contribution >= 0.6 is 0 Å². The Balaban J connectivity index is 1.39. The molecule has 0 atom stereocenters. The zero-order chi connectivity index (χ0) is 26.4. The van der Waals surface area contributed by atoms with Crippen molar-refractivity contribution in [1.82, 2.24) is 19.9 Å². The van der Waals surface area contributed by atoms with Crippen LogP contribution in [0.2, 0.25) is 0 Å². The molecule has 194 valence electrons. The Morgan fingerprint density at radius 1 is 1.03 bits per heavy atom. The molecule has 0 radical (unpaired) electrons. The van der Waals surface area contributed by atoms with Crippen LogP contribution in [0.25, 0.3) is 32.9 Å². The van der Waals surface area contributed by atoms with Crippen LogP contribution in [0.4, 0.5) is 20.4 Å². The summed E-state index contributed by atoms with van der Waals surface area (Å²) in [5.74, 6) is 0.919. The zero-order valence-electron chi connectivity index (χ0n) is 20.6. The number of halogens is 2. The van der Waals surface area contributed by atoms with Gasteiger partial charge in [0.1, 0.15) is 28.7 Å². The number of pyridine rings is 1. The van der Waals surface area contributed by atoms with E-state index in [0.29, 0.717) is 22.9 Å². The van der Waals surface area contributed by atoms with Gasteiger partial charge in [0.05, 0.1) is 30.8 Å². The molecule has 1 saturated heterocycles. The molecule has 10 heteroatoms. The van der Waals surface area contributed by atoms with Gasteiger partial charge in [0.2, 0.25) is 0 Å². The molecule has 1 saturated carbocycles. The number of nitrogens with zero attached hydrogens (tertiary/aromatic N) is 4. The fraction of sp³-hybridized carbons (Fsp3) is 0.321. The maximum absolute atomic E-state index is 16.1. The number of morpholine rings is 1. The van der Waals surface area contributed by atoms with Crippen molar-refractivity contribution in [1.29, 1.82) is 0 Å². The van der Waals surface area contributed by atoms with Gasteiger partial charge in [-0.15, -0.1) is 6.42 Å². The lowest BCUT2D eigenvalue weighted by Crippen LogP contribution is -2.41. The van der Waals surface area contributed by atoms with E-state index in [1.54, 1.807) is 24.3 Å². The molecular formula is C28H26F2N6O2. The van der Waals surface area contributed by atoms with E-state index in [0.717, 1.165) is 45.7 Å². The lowest BCUT2D eigenvalue weighted by Gasteiger charge is -2.30. The predicted molar refractivity (Wildman–Crippen MR) is 141 cm³/mol. The SMILES string of the molecule is C#Cc1c(F)ccc2cccc(-c3nc(N)c4c(N)nc(OCC5(CN6CCOCC6)CC5)nc4c3F)c12. The van der Waals surface area contributed by atoms with Crippen LogP contribution in [0.15, 0.2) is 30.3 Å². The van der Waals surface area contributed by atoms with Gasteiger partial charge in [0.15, 0.2) is 5.82 Å². The minimum atomic E-state index is -0.776. The molecule has 1 aliphatic heterocycles. The molecule has 2 fully saturated rings. The van der Waals surface area contributed by atoms with Crippen molar-refractivity contribution in [2.45, 2.75) is 12.8 Å². The molecule has 6 rings (SSSR count). The first-order chi connectivity index (χ1) is 18.4. The van der Waals surface area contributed by atoms with E-state index in [1.165, 1.54) is 6.07 Å². The molecule has 0 bridgehead atoms. The number of benzene rings is 2. The molecule has 0 spiro atoms. The highest BCUT2D eigenvalue weighted by Crippen LogP contribution is 2.46. The van der Waals surface area contributed by atoms with E-state index in [1.807, 2.05) is 0 Å². The maximum Gasteiger partial charge on any atom is 0.319 e. The fourth-order valence-corrected chi connectivity index (χ4v) is 5.12. The maximum atomic E-state index is 16.1. The van der Waals surface area contributed by atoms with Gasteiger partial charge in [-0.25, -0.2) is 13.8 Å². The minimum Gasteiger partial charge on any atom is -0.463 e. The van der Waals surface area contributed by atoms with Crippen molar-refractivity contribution in [3.8, 4) is 29.6 Å². The van der Waals surface area contributed by atoms with Gasteiger partial charge < -0.3 is 20.9 Å². The van der Waals surface area contributed by atoms with E-state index >= 15 is 4.39 Å². The molecule has 8 nitrogen and oxygen atoms in total. The Labute approximate surface area is 218 Å². The molecule has 2 aromatic heterocycles. The van der Waals surface area contributed by atoms with Gasteiger partial charge >= 0.3 is 6.01 Å². The standard InChI is InChI=1S/C28H26F2N6O2/c1-2-17-19(29)7-6-16-4-3-5-18(20(16)17)23-22(30)24-21(25(31)33-23)26(32)35-27(34-24)38-15-28(8-9-28)14-36-10-12-37-13-11-36/h1,3-7H,8-15H2,(H2,31,33)(H2,32,34,35). The minimum absolute atomic E-state index is 0.00401. The number of hydrogen-bond donors (Lipinski definition) is 2. The summed E-state index contributed by atoms with van der Waals surface area (Å²) in [6, 6.07) is 7.91. The largest absolute Gasteiger partial charge is 0.463 e. The first-order valence-electron chi connectivity index (χ1n) is 12.4. The highest BCUT2D eigenvalue weighted by atomic mass is 19.1. The summed E-state index contributed by atoms with van der Waals surface area (Å²) in [6.07, 6.45) is 7.65. The zero-order valence-corrected chi connectivity index (χ0v) is 20.6. The van der Waals surface area contributed by atoms with E-state index in [-0.39, 0.29) is 45.2 Å². The first kappa shape index (κ1) is 24.3. The van der Waals surface area contributed by atoms with Gasteiger partial charge in [-0.3, -0.25) is 4.90 Å². The lowest BCUT2D eigenvalue weighted by atomic mass is 9.96. The number of rotatable bonds is 6. The van der Waals surface area contributed by atoms with Crippen LogP contribution in [0.5, 0.6) is 6.01 Å². The molecule has 38 heavy (non-hydrogen) atoms. The number of nitrogens with two attached hydrogens (primary N) is 2. The van der Waals surface area contributed by atoms with Crippen LogP contribution in [0, 0.1) is 29.4 Å². The second-order valence-electron chi connectivity index (χ2n) is 9.92. The molecule has 2 aromatic carbocycles. The summed E-state index contributed by atoms with van der Waals surface area (Å²) >= 11 is 0. The summed E-state index contributed by atoms with van der Waals surface area (Å²) in [7, 11) is 0. The molecular weight excluding hydrogens is 490 g/mol. The third-order valence-corrected chi connectivity index (χ3v) is 7.34. The Morgan fingerprint density at radius 2 is 1.79 bits per heavy atom. The quantitative estimate of drug-likeness (QED) is 0.373. The number of hydrogen-bond acceptors (Lipinski definition) is 8. The van der Waals surface area contributed by atoms with Crippen molar-refractivity contribution in [3.05, 3.63) is 47.5 Å². The Kier molecular flexibility index (Phi) is 5.97. The van der Waals surface area contributed by atoms with Crippen molar-refractivity contribution in [2.24, 2.45) is 5.41 Å². The normalized spacial score (nSPS) is 17.0. The lowest BCUT2D eigenvalue weighted by molar-refractivity contribution is 0.0231. The number of fused-ring (bicyclic) bond motifs is 2. The van der Waals surface area contributed by atoms with Gasteiger partial charge in [-0.05, 0) is 24.3 Å². The van der Waals surface area contributed by atoms with Crippen LogP contribution in [0.3, 0.4) is 0 Å². The van der Waals surface area contributed by atoms with Crippen molar-refractivity contribution < 1.29 is 18.3 Å². The molecule has 0 amide bonds. The van der Waals surface area contributed by atoms with Crippen LogP contribution in [-0.2, 0) is 4.74 Å². The van der Waals surface area contributed by atoms with Crippen molar-refractivity contribution in [3.63, 3.8) is 0 Å². The first-order valence-corrected chi connectivity index (χ1v) is 12.4. The van der Waals surface area contributed by atoms with E-state index in [4.69, 9.17) is 27.4 Å². The average Bonchev–Trinajstić information content (AvgIpc) is 3.69. The van der Waals surface area contributed by atoms with Crippen molar-refractivity contribution in [2.75, 3.05) is 50.9 Å². The molecule has 1 aliphatic carbocycles. The van der Waals surface area contributed by atoms with Crippen LogP contribution in [0.1, 0.15) is 18.4 Å². The molecule has 3 heterocycles. The summed E-state index contributed by atoms with van der Waals surface area (Å²) in [4.78, 5) is 15.2. The number of aromatic nitrogens is 3. The fourth-order valence-electron chi connectivity index (χ4n) is 5.12. The van der Waals surface area contributed by atoms with Crippen LogP contribution in [-0.4, -0.2) is 59.3 Å². The molecule has 4 aromatic rings. The molecule has 4 N–H and O–H groups in total. The van der Waals surface area contributed by atoms with Gasteiger partial charge in [-0.2, -0.15) is 9.97 Å². The number of ether oxygens (including phenoxy) is 2. The topological polar surface area (TPSA) is 112 Å². The van der Waals surface area contributed by atoms with Gasteiger partial charge in [-0.1, -0.05) is 30.2 Å². The predicted octanol–water partition coefficient (Wildman–Crippen LogP) is 3.76. The van der Waals surface area contributed by atoms with E-state index in [2.05, 4.69) is 25.8 Å². The molecule has 0 unspecified atom stereocenters. The smallest absolute Gasteiger partial charge is 0.319 e. The number of terminal acetylenes is 1. The second kappa shape index (κ2) is 9.35. The summed E-state index contributed by atoms with van der Waals surface area (Å²) in [5.41, 5.74) is 12.4. The second-order valence-corrected chi connectivity index (χ2v) is 9.92. The van der Waals surface area contributed by atoms with Crippen LogP contribution < -0.4 is 16.2 Å². The highest BCUT2D eigenvalue weighted by Gasteiger charge is 2.45. The van der Waals surface area contributed by atoms with E-state index < -0.39 is 11.6 Å². The van der Waals surface area contributed by atoms with E-state index in [9.17, 15) is 4.39 Å².